The van der Waals surface area contributed by atoms with E-state index < -0.39 is 0 Å². The predicted molar refractivity (Wildman–Crippen MR) is 93.6 cm³/mol. The van der Waals surface area contributed by atoms with Gasteiger partial charge in [-0.3, -0.25) is 19.7 Å². The summed E-state index contributed by atoms with van der Waals surface area (Å²) in [6.45, 7) is 3.91. The molecule has 1 N–H and O–H groups in total. The van der Waals surface area contributed by atoms with Gasteiger partial charge in [0.15, 0.2) is 0 Å². The summed E-state index contributed by atoms with van der Waals surface area (Å²) in [5.41, 5.74) is 2.86. The average Bonchev–Trinajstić information content (AvgIpc) is 2.64. The molecule has 5 nitrogen and oxygen atoms in total. The number of benzene rings is 1. The van der Waals surface area contributed by atoms with Crippen LogP contribution in [-0.2, 0) is 13.0 Å². The van der Waals surface area contributed by atoms with Gasteiger partial charge in [0.1, 0.15) is 0 Å². The zero-order chi connectivity index (χ0) is 16.6. The van der Waals surface area contributed by atoms with Gasteiger partial charge in [-0.1, -0.05) is 18.6 Å². The number of nitrogens with one attached hydrogen (secondary N) is 1. The third-order valence-corrected chi connectivity index (χ3v) is 4.35. The molecule has 1 fully saturated rings. The number of rotatable bonds is 6. The normalized spacial score (nSPS) is 15.2. The molecule has 1 saturated heterocycles. The Kier molecular flexibility index (Phi) is 5.90. The molecule has 126 valence electrons. The summed E-state index contributed by atoms with van der Waals surface area (Å²) in [4.78, 5) is 22.9. The van der Waals surface area contributed by atoms with Gasteiger partial charge in [0.2, 0.25) is 0 Å². The van der Waals surface area contributed by atoms with E-state index in [1.165, 1.54) is 37.9 Å². The first-order valence-corrected chi connectivity index (χ1v) is 8.66. The van der Waals surface area contributed by atoms with Gasteiger partial charge < -0.3 is 5.32 Å². The molecule has 2 heterocycles. The Balaban J connectivity index is 1.46. The van der Waals surface area contributed by atoms with Crippen molar-refractivity contribution in [3.8, 4) is 0 Å². The van der Waals surface area contributed by atoms with E-state index in [0.29, 0.717) is 18.5 Å². The van der Waals surface area contributed by atoms with Crippen molar-refractivity contribution in [2.24, 2.45) is 0 Å². The van der Waals surface area contributed by atoms with Crippen molar-refractivity contribution in [2.75, 3.05) is 19.6 Å². The summed E-state index contributed by atoms with van der Waals surface area (Å²) in [5, 5.41) is 2.93. The van der Waals surface area contributed by atoms with Crippen LogP contribution < -0.4 is 5.32 Å². The summed E-state index contributed by atoms with van der Waals surface area (Å²) in [6, 6.07) is 7.95. The van der Waals surface area contributed by atoms with Gasteiger partial charge in [-0.15, -0.1) is 0 Å². The lowest BCUT2D eigenvalue weighted by atomic mass is 10.1. The van der Waals surface area contributed by atoms with Crippen molar-refractivity contribution in [1.82, 2.24) is 20.2 Å². The molecule has 1 aliphatic rings. The molecule has 0 atom stereocenters. The van der Waals surface area contributed by atoms with Crippen LogP contribution in [-0.4, -0.2) is 40.4 Å². The highest BCUT2D eigenvalue weighted by molar-refractivity contribution is 5.94. The number of carbonyl (C=O) groups is 1. The van der Waals surface area contributed by atoms with E-state index in [1.54, 1.807) is 18.6 Å². The summed E-state index contributed by atoms with van der Waals surface area (Å²) in [5.74, 6) is -0.0385. The van der Waals surface area contributed by atoms with Crippen LogP contribution in [0.25, 0.3) is 0 Å². The van der Waals surface area contributed by atoms with Crippen LogP contribution >= 0.6 is 0 Å². The Hall–Kier alpha value is -2.27. The fourth-order valence-electron chi connectivity index (χ4n) is 3.00. The third-order valence-electron chi connectivity index (χ3n) is 4.35. The van der Waals surface area contributed by atoms with Crippen molar-refractivity contribution in [2.45, 2.75) is 32.2 Å². The molecule has 1 aromatic carbocycles. The van der Waals surface area contributed by atoms with Gasteiger partial charge in [0.25, 0.3) is 5.91 Å². The Labute approximate surface area is 143 Å². The smallest absolute Gasteiger partial charge is 0.251 e. The summed E-state index contributed by atoms with van der Waals surface area (Å²) < 4.78 is 0. The van der Waals surface area contributed by atoms with E-state index in [0.717, 1.165) is 12.2 Å². The molecule has 0 radical (unpaired) electrons. The lowest BCUT2D eigenvalue weighted by Crippen LogP contribution is -2.29. The maximum atomic E-state index is 12.2. The number of likely N-dealkylation sites (tertiary alicyclic amines) is 1. The number of hydrogen-bond donors (Lipinski definition) is 1. The lowest BCUT2D eigenvalue weighted by Gasteiger charge is -2.26. The Bertz CT molecular complexity index is 636. The molecule has 24 heavy (non-hydrogen) atoms. The van der Waals surface area contributed by atoms with Crippen molar-refractivity contribution < 1.29 is 4.79 Å². The first-order chi connectivity index (χ1) is 11.8. The van der Waals surface area contributed by atoms with Crippen LogP contribution in [0, 0.1) is 0 Å². The minimum absolute atomic E-state index is 0.0385. The second-order valence-electron chi connectivity index (χ2n) is 6.24. The fourth-order valence-corrected chi connectivity index (χ4v) is 3.00. The van der Waals surface area contributed by atoms with E-state index in [-0.39, 0.29) is 5.91 Å². The largest absolute Gasteiger partial charge is 0.352 e. The van der Waals surface area contributed by atoms with Crippen molar-refractivity contribution in [3.63, 3.8) is 0 Å². The first-order valence-electron chi connectivity index (χ1n) is 8.66. The number of carbonyl (C=O) groups excluding carboxylic acids is 1. The van der Waals surface area contributed by atoms with Crippen LogP contribution in [0.5, 0.6) is 0 Å². The molecular weight excluding hydrogens is 300 g/mol. The van der Waals surface area contributed by atoms with Gasteiger partial charge in [0.05, 0.1) is 5.69 Å². The van der Waals surface area contributed by atoms with Crippen LogP contribution in [0.4, 0.5) is 0 Å². The molecular formula is C19H24N4O. The topological polar surface area (TPSA) is 58.1 Å². The minimum Gasteiger partial charge on any atom is -0.352 e. The predicted octanol–water partition coefficient (Wildman–Crippen LogP) is 2.44. The van der Waals surface area contributed by atoms with Gasteiger partial charge in [0, 0.05) is 43.7 Å². The summed E-state index contributed by atoms with van der Waals surface area (Å²) >= 11 is 0. The fraction of sp³-hybridized carbons (Fsp3) is 0.421. The van der Waals surface area contributed by atoms with Crippen LogP contribution in [0.15, 0.2) is 42.9 Å². The monoisotopic (exact) mass is 324 g/mol. The molecule has 0 saturated carbocycles. The molecule has 0 unspecified atom stereocenters. The highest BCUT2D eigenvalue weighted by Gasteiger charge is 2.11. The molecule has 3 rings (SSSR count). The van der Waals surface area contributed by atoms with Crippen LogP contribution in [0.3, 0.4) is 0 Å². The molecule has 1 aromatic heterocycles. The summed E-state index contributed by atoms with van der Waals surface area (Å²) in [7, 11) is 0. The van der Waals surface area contributed by atoms with E-state index in [1.807, 2.05) is 12.1 Å². The number of nitrogens with zero attached hydrogens (tertiary/aromatic N) is 3. The molecule has 0 spiro atoms. The number of piperidine rings is 1. The second kappa shape index (κ2) is 8.55. The van der Waals surface area contributed by atoms with Gasteiger partial charge in [-0.2, -0.15) is 0 Å². The maximum absolute atomic E-state index is 12.2. The van der Waals surface area contributed by atoms with E-state index in [4.69, 9.17) is 0 Å². The number of amides is 1. The van der Waals surface area contributed by atoms with Crippen molar-refractivity contribution in [1.29, 1.82) is 0 Å². The first kappa shape index (κ1) is 16.6. The highest BCUT2D eigenvalue weighted by atomic mass is 16.1. The van der Waals surface area contributed by atoms with Crippen molar-refractivity contribution >= 4 is 5.91 Å². The molecule has 1 amide bonds. The number of aromatic nitrogens is 2. The average molecular weight is 324 g/mol. The second-order valence-corrected chi connectivity index (χ2v) is 6.24. The maximum Gasteiger partial charge on any atom is 0.251 e. The van der Waals surface area contributed by atoms with Crippen LogP contribution in [0.1, 0.15) is 40.9 Å². The minimum atomic E-state index is -0.0385. The van der Waals surface area contributed by atoms with Crippen LogP contribution in [0.2, 0.25) is 0 Å². The van der Waals surface area contributed by atoms with E-state index in [9.17, 15) is 4.79 Å². The molecule has 0 bridgehead atoms. The summed E-state index contributed by atoms with van der Waals surface area (Å²) in [6.07, 6.45) is 9.67. The Morgan fingerprint density at radius 1 is 1.08 bits per heavy atom. The SMILES string of the molecule is O=C(NCCc1cnccn1)c1ccc(CN2CCCCC2)cc1. The molecule has 5 heteroatoms. The molecule has 0 aliphatic carbocycles. The highest BCUT2D eigenvalue weighted by Crippen LogP contribution is 2.13. The molecule has 2 aromatic rings. The van der Waals surface area contributed by atoms with Gasteiger partial charge in [-0.25, -0.2) is 0 Å². The van der Waals surface area contributed by atoms with Crippen molar-refractivity contribution in [3.05, 3.63) is 59.7 Å². The molecule has 1 aliphatic heterocycles. The van der Waals surface area contributed by atoms with Gasteiger partial charge >= 0.3 is 0 Å². The Morgan fingerprint density at radius 3 is 2.58 bits per heavy atom. The number of hydrogen-bond acceptors (Lipinski definition) is 4. The van der Waals surface area contributed by atoms with E-state index in [2.05, 4.69) is 32.3 Å². The van der Waals surface area contributed by atoms with E-state index >= 15 is 0 Å². The zero-order valence-corrected chi connectivity index (χ0v) is 13.9. The Morgan fingerprint density at radius 2 is 1.88 bits per heavy atom. The van der Waals surface area contributed by atoms with Gasteiger partial charge in [-0.05, 0) is 43.6 Å². The third kappa shape index (κ3) is 4.86. The lowest BCUT2D eigenvalue weighted by molar-refractivity contribution is 0.0954. The quantitative estimate of drug-likeness (QED) is 0.887. The standard InChI is InChI=1S/C19H24N4O/c24-19(22-9-8-18-14-20-10-11-21-18)17-6-4-16(5-7-17)15-23-12-2-1-3-13-23/h4-7,10-11,14H,1-3,8-9,12-13,15H2,(H,22,24). The zero-order valence-electron chi connectivity index (χ0n) is 13.9.